The van der Waals surface area contributed by atoms with Gasteiger partial charge < -0.3 is 67.4 Å². The Hall–Kier alpha value is -8.71. The number of carbonyl (C=O) groups excluding carboxylic acids is 5. The zero-order valence-electron chi connectivity index (χ0n) is 44.1. The van der Waals surface area contributed by atoms with Gasteiger partial charge in [0.15, 0.2) is 52.3 Å². The number of Topliss-reactive ketones (excluding diaryl/α,β-unsaturated/α-hetero) is 2. The summed E-state index contributed by atoms with van der Waals surface area (Å²) >= 11 is 0. The van der Waals surface area contributed by atoms with Crippen LogP contribution in [0.25, 0.3) is 18.2 Å². The van der Waals surface area contributed by atoms with Gasteiger partial charge in [0.05, 0.1) is 102 Å². The summed E-state index contributed by atoms with van der Waals surface area (Å²) in [6, 6.07) is 13.6. The van der Waals surface area contributed by atoms with Gasteiger partial charge in [-0.15, -0.1) is 0 Å². The van der Waals surface area contributed by atoms with Gasteiger partial charge >= 0.3 is 0 Å². The number of carbonyl (C=O) groups is 5. The molecule has 0 aliphatic carbocycles. The number of benzene rings is 4. The first-order valence-corrected chi connectivity index (χ1v) is 21.9. The molecule has 19 nitrogen and oxygen atoms in total. The maximum Gasteiger partial charge on any atom is 0.203 e. The first-order chi connectivity index (χ1) is 35.4. The molecule has 0 atom stereocenters. The van der Waals surface area contributed by atoms with E-state index in [4.69, 9.17) is 57.2 Å². The van der Waals surface area contributed by atoms with Crippen LogP contribution in [0.3, 0.4) is 0 Å². The molecule has 3 N–H and O–H groups in total. The Bertz CT molecular complexity index is 2660. The Labute approximate surface area is 431 Å². The number of ether oxygens (including phenoxy) is 11. The molecule has 0 unspecified atom stereocenters. The smallest absolute Gasteiger partial charge is 0.203 e. The molecule has 4 rings (SSSR count). The molecule has 0 spiro atoms. The number of aliphatic hydroxyl groups excluding tert-OH is 3. The fraction of sp³-hybridized carbons (Fsp3) is 0.291. The summed E-state index contributed by atoms with van der Waals surface area (Å²) in [6.45, 7) is 3.94. The molecule has 0 fully saturated rings. The van der Waals surface area contributed by atoms with Gasteiger partial charge in [0, 0.05) is 28.8 Å². The predicted molar refractivity (Wildman–Crippen MR) is 279 cm³/mol. The Morgan fingerprint density at radius 1 is 0.419 bits per heavy atom. The molecule has 0 radical (unpaired) electrons. The molecule has 0 heterocycles. The molecule has 0 aromatic heterocycles. The lowest BCUT2D eigenvalue weighted by Crippen LogP contribution is -2.00. The third kappa shape index (κ3) is 19.5. The van der Waals surface area contributed by atoms with Crippen LogP contribution in [0, 0.1) is 0 Å². The second-order valence-corrected chi connectivity index (χ2v) is 14.6. The maximum absolute atomic E-state index is 12.3. The number of ketones is 4. The minimum atomic E-state index is -0.423. The number of allylic oxidation sites excluding steroid dienone is 5. The highest BCUT2D eigenvalue weighted by atomic mass is 16.5. The largest absolute Gasteiger partial charge is 0.508 e. The number of aliphatic hydroxyl groups is 3. The van der Waals surface area contributed by atoms with Crippen LogP contribution in [0.2, 0.25) is 0 Å². The second-order valence-electron chi connectivity index (χ2n) is 14.6. The lowest BCUT2D eigenvalue weighted by molar-refractivity contribution is -0.124. The van der Waals surface area contributed by atoms with E-state index < -0.39 is 5.78 Å². The van der Waals surface area contributed by atoms with Gasteiger partial charge in [-0.05, 0) is 106 Å². The summed E-state index contributed by atoms with van der Waals surface area (Å²) in [7, 11) is 16.6. The Kier molecular flexibility index (Phi) is 28.9. The SMILES string of the molecule is CC(=O)CC(C)=O.COc1ccc(/C=C/C(=O)/C=C(O)/C=C/c2ccc(OC)c(OC)c2OC)c(OC)c1OC.COc1ccc(/C=C/C(O)=C/C(C)=O)c(OC)c1OC.COc1ccc(C=O)c(OC)c1CO. The average molecular weight is 1030 g/mol. The molecular weight excluding hydrogens is 965 g/mol. The van der Waals surface area contributed by atoms with Crippen LogP contribution in [-0.4, -0.2) is 123 Å². The van der Waals surface area contributed by atoms with E-state index in [0.29, 0.717) is 97.3 Å². The van der Waals surface area contributed by atoms with Crippen molar-refractivity contribution >= 4 is 47.6 Å². The summed E-state index contributed by atoms with van der Waals surface area (Å²) in [5, 5.41) is 28.8. The Morgan fingerprint density at radius 2 is 0.743 bits per heavy atom. The first kappa shape index (κ1) is 63.3. The quantitative estimate of drug-likeness (QED) is 0.0206. The van der Waals surface area contributed by atoms with Crippen molar-refractivity contribution in [1.82, 2.24) is 0 Å². The Balaban J connectivity index is 0.000000563. The van der Waals surface area contributed by atoms with E-state index in [1.165, 1.54) is 117 Å². The molecular formula is C55H66O19. The van der Waals surface area contributed by atoms with Gasteiger partial charge in [0.1, 0.15) is 34.6 Å². The van der Waals surface area contributed by atoms with Gasteiger partial charge in [-0.3, -0.25) is 24.0 Å². The van der Waals surface area contributed by atoms with Gasteiger partial charge in [-0.2, -0.15) is 0 Å². The summed E-state index contributed by atoms with van der Waals surface area (Å²) in [5.74, 6) is 3.95. The summed E-state index contributed by atoms with van der Waals surface area (Å²) in [4.78, 5) is 53.9. The average Bonchev–Trinajstić information content (AvgIpc) is 3.39. The molecule has 0 saturated carbocycles. The maximum atomic E-state index is 12.3. The normalized spacial score (nSPS) is 10.9. The summed E-state index contributed by atoms with van der Waals surface area (Å²) in [5.41, 5.74) is 2.82. The van der Waals surface area contributed by atoms with E-state index >= 15 is 0 Å². The molecule has 4 aromatic carbocycles. The molecule has 0 saturated heterocycles. The first-order valence-electron chi connectivity index (χ1n) is 21.9. The molecule has 0 bridgehead atoms. The van der Waals surface area contributed by atoms with Crippen LogP contribution >= 0.6 is 0 Å². The van der Waals surface area contributed by atoms with Crippen LogP contribution < -0.4 is 52.1 Å². The van der Waals surface area contributed by atoms with Crippen LogP contribution in [0.5, 0.6) is 63.2 Å². The topological polar surface area (TPSA) is 248 Å². The van der Waals surface area contributed by atoms with Crippen molar-refractivity contribution in [3.63, 3.8) is 0 Å². The van der Waals surface area contributed by atoms with Gasteiger partial charge in [-0.1, -0.05) is 0 Å². The lowest BCUT2D eigenvalue weighted by atomic mass is 10.1. The van der Waals surface area contributed by atoms with Crippen LogP contribution in [0.15, 0.2) is 90.4 Å². The molecule has 0 aliphatic heterocycles. The van der Waals surface area contributed by atoms with E-state index in [-0.39, 0.29) is 41.9 Å². The number of aldehydes is 1. The minimum Gasteiger partial charge on any atom is -0.508 e. The van der Waals surface area contributed by atoms with Crippen LogP contribution in [-0.2, 0) is 25.8 Å². The standard InChI is InChI=1S/C25H28O8.C15H18O5.C10H12O4.C5H8O2/c1-28-20-13-9-16(22(30-3)24(20)32-5)7-11-18(26)15-19(27)12-8-17-10-14-21(29-2)25(33-6)23(17)31-4;1-10(16)9-12(17)7-5-11-6-8-13(18-2)15(20-4)14(11)19-3;1-13-9-4-3-7(5-11)10(14-2)8(9)6-12;1-4(6)3-5(2)7/h7-15,26H,1-6H3;5-9,17H,1-4H3;3-5,12H,6H2,1-2H3;3H2,1-2H3/b11-7+,12-8+,18-15-;7-5+,12-9-;;. The number of methoxy groups -OCH3 is 11. The fourth-order valence-corrected chi connectivity index (χ4v) is 6.44. The minimum absolute atomic E-state index is 0.0625. The van der Waals surface area contributed by atoms with Crippen LogP contribution in [0.4, 0.5) is 0 Å². The van der Waals surface area contributed by atoms with E-state index in [0.717, 1.165) is 12.2 Å². The predicted octanol–water partition coefficient (Wildman–Crippen LogP) is 8.80. The van der Waals surface area contributed by atoms with Crippen molar-refractivity contribution in [2.24, 2.45) is 0 Å². The number of hydrogen-bond acceptors (Lipinski definition) is 19. The van der Waals surface area contributed by atoms with Crippen molar-refractivity contribution in [1.29, 1.82) is 0 Å². The van der Waals surface area contributed by atoms with Crippen molar-refractivity contribution < 1.29 is 91.4 Å². The van der Waals surface area contributed by atoms with E-state index in [9.17, 15) is 34.2 Å². The molecule has 74 heavy (non-hydrogen) atoms. The Morgan fingerprint density at radius 3 is 1.03 bits per heavy atom. The third-order valence-electron chi connectivity index (χ3n) is 9.59. The summed E-state index contributed by atoms with van der Waals surface area (Å²) < 4.78 is 57.8. The zero-order valence-corrected chi connectivity index (χ0v) is 44.1. The third-order valence-corrected chi connectivity index (χ3v) is 9.59. The van der Waals surface area contributed by atoms with Crippen molar-refractivity contribution in [3.8, 4) is 63.2 Å². The molecule has 19 heteroatoms. The van der Waals surface area contributed by atoms with E-state index in [2.05, 4.69) is 0 Å². The summed E-state index contributed by atoms with van der Waals surface area (Å²) in [6.07, 6.45) is 11.9. The van der Waals surface area contributed by atoms with E-state index in [1.54, 1.807) is 66.8 Å². The van der Waals surface area contributed by atoms with E-state index in [1.807, 2.05) is 0 Å². The molecule has 400 valence electrons. The molecule has 4 aromatic rings. The number of hydrogen-bond donors (Lipinski definition) is 3. The molecule has 0 amide bonds. The number of rotatable bonds is 23. The zero-order chi connectivity index (χ0) is 55.9. The highest BCUT2D eigenvalue weighted by Gasteiger charge is 2.17. The van der Waals surface area contributed by atoms with Gasteiger partial charge in [0.2, 0.25) is 17.2 Å². The fourth-order valence-electron chi connectivity index (χ4n) is 6.44. The second kappa shape index (κ2) is 33.8. The van der Waals surface area contributed by atoms with Gasteiger partial charge in [-0.25, -0.2) is 0 Å². The van der Waals surface area contributed by atoms with Gasteiger partial charge in [0.25, 0.3) is 0 Å². The molecule has 0 aliphatic rings. The van der Waals surface area contributed by atoms with Crippen molar-refractivity contribution in [3.05, 3.63) is 118 Å². The highest BCUT2D eigenvalue weighted by molar-refractivity contribution is 6.03. The monoisotopic (exact) mass is 1030 g/mol. The highest BCUT2D eigenvalue weighted by Crippen LogP contribution is 2.42. The lowest BCUT2D eigenvalue weighted by Gasteiger charge is -2.14. The van der Waals surface area contributed by atoms with Crippen molar-refractivity contribution in [2.75, 3.05) is 78.2 Å². The van der Waals surface area contributed by atoms with Crippen LogP contribution in [0.1, 0.15) is 59.8 Å². The van der Waals surface area contributed by atoms with Crippen molar-refractivity contribution in [2.45, 2.75) is 33.8 Å².